The highest BCUT2D eigenvalue weighted by Gasteiger charge is 2.25. The van der Waals surface area contributed by atoms with Crippen LogP contribution in [0.15, 0.2) is 30.3 Å². The van der Waals surface area contributed by atoms with Gasteiger partial charge in [-0.15, -0.1) is 11.3 Å². The molecule has 0 saturated carbocycles. The molecule has 0 fully saturated rings. The predicted molar refractivity (Wildman–Crippen MR) is 85.6 cm³/mol. The van der Waals surface area contributed by atoms with Crippen LogP contribution in [-0.4, -0.2) is 11.5 Å². The minimum atomic E-state index is 0.324. The van der Waals surface area contributed by atoms with Crippen LogP contribution in [0.4, 0.5) is 0 Å². The van der Waals surface area contributed by atoms with Crippen molar-refractivity contribution in [1.82, 2.24) is 10.3 Å². The van der Waals surface area contributed by atoms with Gasteiger partial charge in [-0.2, -0.15) is 0 Å². The lowest BCUT2D eigenvalue weighted by molar-refractivity contribution is 0.567. The zero-order valence-corrected chi connectivity index (χ0v) is 12.6. The summed E-state index contributed by atoms with van der Waals surface area (Å²) in [6, 6.07) is 11.5. The van der Waals surface area contributed by atoms with Crippen LogP contribution in [0.25, 0.3) is 10.9 Å². The van der Waals surface area contributed by atoms with Gasteiger partial charge in [-0.1, -0.05) is 11.6 Å². The number of fused-ring (bicyclic) bond motifs is 3. The van der Waals surface area contributed by atoms with Crippen LogP contribution in [0.2, 0.25) is 0 Å². The van der Waals surface area contributed by atoms with Crippen molar-refractivity contribution in [2.45, 2.75) is 26.3 Å². The van der Waals surface area contributed by atoms with Crippen molar-refractivity contribution in [1.29, 1.82) is 0 Å². The molecule has 0 radical (unpaired) electrons. The van der Waals surface area contributed by atoms with Gasteiger partial charge in [0.2, 0.25) is 0 Å². The molecule has 1 aromatic carbocycles. The first-order valence-electron chi connectivity index (χ1n) is 7.13. The lowest BCUT2D eigenvalue weighted by atomic mass is 9.98. The third kappa shape index (κ3) is 1.81. The maximum atomic E-state index is 3.66. The second-order valence-electron chi connectivity index (χ2n) is 5.65. The zero-order valence-electron chi connectivity index (χ0n) is 11.8. The first kappa shape index (κ1) is 12.2. The lowest BCUT2D eigenvalue weighted by Gasteiger charge is -2.23. The molecule has 0 aliphatic carbocycles. The Morgan fingerprint density at radius 1 is 1.15 bits per heavy atom. The summed E-state index contributed by atoms with van der Waals surface area (Å²) in [5.74, 6) is 0. The molecule has 2 nitrogen and oxygen atoms in total. The van der Waals surface area contributed by atoms with Gasteiger partial charge < -0.3 is 10.3 Å². The van der Waals surface area contributed by atoms with Gasteiger partial charge >= 0.3 is 0 Å². The highest BCUT2D eigenvalue weighted by molar-refractivity contribution is 7.12. The molecule has 4 rings (SSSR count). The number of aromatic amines is 1. The molecular formula is C17H18N2S. The first-order valence-corrected chi connectivity index (χ1v) is 7.95. The zero-order chi connectivity index (χ0) is 13.7. The van der Waals surface area contributed by atoms with Crippen molar-refractivity contribution in [3.8, 4) is 0 Å². The van der Waals surface area contributed by atoms with Gasteiger partial charge in [0, 0.05) is 32.9 Å². The van der Waals surface area contributed by atoms with Crippen LogP contribution in [0.1, 0.15) is 32.6 Å². The second kappa shape index (κ2) is 4.47. The van der Waals surface area contributed by atoms with E-state index in [2.05, 4.69) is 54.5 Å². The molecule has 0 spiro atoms. The fourth-order valence-electron chi connectivity index (χ4n) is 3.19. The molecule has 1 aliphatic rings. The van der Waals surface area contributed by atoms with E-state index >= 15 is 0 Å². The fraction of sp³-hybridized carbons (Fsp3) is 0.294. The van der Waals surface area contributed by atoms with Gasteiger partial charge in [-0.05, 0) is 50.1 Å². The van der Waals surface area contributed by atoms with E-state index in [0.29, 0.717) is 6.04 Å². The van der Waals surface area contributed by atoms with E-state index < -0.39 is 0 Å². The Kier molecular flexibility index (Phi) is 2.72. The number of rotatable bonds is 1. The van der Waals surface area contributed by atoms with E-state index in [9.17, 15) is 0 Å². The molecule has 3 aromatic rings. The largest absolute Gasteiger partial charge is 0.357 e. The van der Waals surface area contributed by atoms with Crippen LogP contribution >= 0.6 is 11.3 Å². The molecule has 2 N–H and O–H groups in total. The summed E-state index contributed by atoms with van der Waals surface area (Å²) in [6.07, 6.45) is 1.11. The summed E-state index contributed by atoms with van der Waals surface area (Å²) in [6.45, 7) is 5.39. The van der Waals surface area contributed by atoms with Crippen molar-refractivity contribution in [2.24, 2.45) is 0 Å². The monoisotopic (exact) mass is 282 g/mol. The van der Waals surface area contributed by atoms with E-state index in [1.54, 1.807) is 0 Å². The molecular weight excluding hydrogens is 264 g/mol. The maximum absolute atomic E-state index is 3.66. The van der Waals surface area contributed by atoms with E-state index in [0.717, 1.165) is 13.0 Å². The van der Waals surface area contributed by atoms with Gasteiger partial charge in [0.25, 0.3) is 0 Å². The number of aromatic nitrogens is 1. The van der Waals surface area contributed by atoms with Crippen LogP contribution in [-0.2, 0) is 6.42 Å². The summed E-state index contributed by atoms with van der Waals surface area (Å²) in [7, 11) is 0. The Balaban J connectivity index is 1.90. The standard InChI is InChI=1S/C17H18N2S/c1-10-3-5-14-13(9-10)12-7-8-18-17(16(12)19-14)15-6-4-11(2)20-15/h3-6,9,17-19H,7-8H2,1-2H3. The highest BCUT2D eigenvalue weighted by Crippen LogP contribution is 2.36. The molecule has 0 bridgehead atoms. The van der Waals surface area contributed by atoms with Gasteiger partial charge in [0.15, 0.2) is 0 Å². The van der Waals surface area contributed by atoms with Crippen molar-refractivity contribution in [3.05, 3.63) is 56.9 Å². The van der Waals surface area contributed by atoms with Crippen LogP contribution in [0.5, 0.6) is 0 Å². The molecule has 3 heteroatoms. The van der Waals surface area contributed by atoms with Gasteiger partial charge in [0.1, 0.15) is 0 Å². The Hall–Kier alpha value is -1.58. The normalized spacial score (nSPS) is 18.4. The van der Waals surface area contributed by atoms with Gasteiger partial charge in [-0.25, -0.2) is 0 Å². The van der Waals surface area contributed by atoms with Crippen LogP contribution in [0.3, 0.4) is 0 Å². The number of hydrogen-bond acceptors (Lipinski definition) is 2. The predicted octanol–water partition coefficient (Wildman–Crippen LogP) is 4.08. The highest BCUT2D eigenvalue weighted by atomic mass is 32.1. The number of benzene rings is 1. The SMILES string of the molecule is Cc1ccc2[nH]c3c(c2c1)CCNC3c1ccc(C)s1. The average Bonchev–Trinajstić information content (AvgIpc) is 3.02. The number of thiophene rings is 1. The van der Waals surface area contributed by atoms with Gasteiger partial charge in [-0.3, -0.25) is 0 Å². The quantitative estimate of drug-likeness (QED) is 0.691. The smallest absolute Gasteiger partial charge is 0.0826 e. The Bertz CT molecular complexity index is 781. The number of H-pyrrole nitrogens is 1. The Morgan fingerprint density at radius 3 is 2.85 bits per heavy atom. The number of aryl methyl sites for hydroxylation is 2. The van der Waals surface area contributed by atoms with Crippen molar-refractivity contribution < 1.29 is 0 Å². The molecule has 0 amide bonds. The van der Waals surface area contributed by atoms with E-state index in [1.807, 2.05) is 11.3 Å². The van der Waals surface area contributed by atoms with Crippen molar-refractivity contribution in [2.75, 3.05) is 6.54 Å². The molecule has 3 heterocycles. The minimum Gasteiger partial charge on any atom is -0.357 e. The lowest BCUT2D eigenvalue weighted by Crippen LogP contribution is -2.29. The van der Waals surface area contributed by atoms with Crippen molar-refractivity contribution >= 4 is 22.2 Å². The van der Waals surface area contributed by atoms with Crippen LogP contribution < -0.4 is 5.32 Å². The molecule has 0 saturated heterocycles. The molecule has 2 aromatic heterocycles. The van der Waals surface area contributed by atoms with E-state index in [4.69, 9.17) is 0 Å². The Morgan fingerprint density at radius 2 is 2.05 bits per heavy atom. The fourth-order valence-corrected chi connectivity index (χ4v) is 4.16. The third-order valence-electron chi connectivity index (χ3n) is 4.15. The summed E-state index contributed by atoms with van der Waals surface area (Å²) in [4.78, 5) is 6.43. The number of hydrogen-bond donors (Lipinski definition) is 2. The third-order valence-corrected chi connectivity index (χ3v) is 5.22. The second-order valence-corrected chi connectivity index (χ2v) is 6.97. The molecule has 1 aliphatic heterocycles. The molecule has 1 atom stereocenters. The average molecular weight is 282 g/mol. The first-order chi connectivity index (χ1) is 9.72. The summed E-state index contributed by atoms with van der Waals surface area (Å²) in [5, 5.41) is 5.06. The van der Waals surface area contributed by atoms with E-state index in [1.165, 1.54) is 37.5 Å². The summed E-state index contributed by atoms with van der Waals surface area (Å²) in [5.41, 5.74) is 5.46. The maximum Gasteiger partial charge on any atom is 0.0826 e. The topological polar surface area (TPSA) is 27.8 Å². The summed E-state index contributed by atoms with van der Waals surface area (Å²) >= 11 is 1.89. The molecule has 1 unspecified atom stereocenters. The Labute approximate surface area is 122 Å². The minimum absolute atomic E-state index is 0.324. The molecule has 102 valence electrons. The van der Waals surface area contributed by atoms with Crippen molar-refractivity contribution in [3.63, 3.8) is 0 Å². The summed E-state index contributed by atoms with van der Waals surface area (Å²) < 4.78 is 0. The molecule has 20 heavy (non-hydrogen) atoms. The van der Waals surface area contributed by atoms with E-state index in [-0.39, 0.29) is 0 Å². The van der Waals surface area contributed by atoms with Gasteiger partial charge in [0.05, 0.1) is 6.04 Å². The van der Waals surface area contributed by atoms with Crippen LogP contribution in [0, 0.1) is 13.8 Å². The number of nitrogens with one attached hydrogen (secondary N) is 2.